The summed E-state index contributed by atoms with van der Waals surface area (Å²) in [5.41, 5.74) is 4.20. The number of nitrogens with one attached hydrogen (secondary N) is 1. The van der Waals surface area contributed by atoms with E-state index in [-0.39, 0.29) is 4.87 Å². The third-order valence-corrected chi connectivity index (χ3v) is 4.45. The number of aryl methyl sites for hydroxylation is 1. The number of hydrazone groups is 1. The fourth-order valence-corrected chi connectivity index (χ4v) is 3.07. The Kier molecular flexibility index (Phi) is 3.07. The van der Waals surface area contributed by atoms with Gasteiger partial charge in [-0.1, -0.05) is 35.5 Å². The zero-order chi connectivity index (χ0) is 13.5. The van der Waals surface area contributed by atoms with Gasteiger partial charge < -0.3 is 4.42 Å². The highest BCUT2D eigenvalue weighted by Gasteiger charge is 2.37. The largest absolute Gasteiger partial charge is 0.463 e. The molecule has 0 saturated carbocycles. The molecule has 19 heavy (non-hydrogen) atoms. The molecule has 0 radical (unpaired) electrons. The summed E-state index contributed by atoms with van der Waals surface area (Å²) in [5, 5.41) is 6.07. The summed E-state index contributed by atoms with van der Waals surface area (Å²) in [4.78, 5) is -0.358. The number of rotatable bonds is 2. The fourth-order valence-electron chi connectivity index (χ4n) is 1.91. The van der Waals surface area contributed by atoms with E-state index in [9.17, 15) is 0 Å². The molecule has 0 bridgehead atoms. The molecule has 1 aromatic heterocycles. The van der Waals surface area contributed by atoms with Crippen LogP contribution in [0, 0.1) is 6.92 Å². The standard InChI is InChI=1S/C14H13ClN2OS/c1-9-3-8-12(18-9)14(2)17-16-13(19-14)10-4-6-11(15)7-5-10/h3-8,17H,1-2H3. The molecule has 0 amide bonds. The van der Waals surface area contributed by atoms with Crippen LogP contribution in [0.5, 0.6) is 0 Å². The second kappa shape index (κ2) is 4.62. The van der Waals surface area contributed by atoms with Gasteiger partial charge in [-0.15, -0.1) is 0 Å². The summed E-state index contributed by atoms with van der Waals surface area (Å²) in [6.07, 6.45) is 0. The summed E-state index contributed by atoms with van der Waals surface area (Å²) in [6.45, 7) is 4.00. The predicted octanol–water partition coefficient (Wildman–Crippen LogP) is 4.11. The van der Waals surface area contributed by atoms with Gasteiger partial charge in [-0.3, -0.25) is 5.43 Å². The molecule has 0 spiro atoms. The minimum absolute atomic E-state index is 0.358. The average Bonchev–Trinajstić information content (AvgIpc) is 2.98. The average molecular weight is 293 g/mol. The van der Waals surface area contributed by atoms with Gasteiger partial charge in [-0.2, -0.15) is 5.10 Å². The Hall–Kier alpha value is -1.39. The SMILES string of the molecule is Cc1ccc(C2(C)NN=C(c3ccc(Cl)cc3)S2)o1. The smallest absolute Gasteiger partial charge is 0.160 e. The Bertz CT molecular complexity index is 635. The van der Waals surface area contributed by atoms with Gasteiger partial charge in [0.1, 0.15) is 16.6 Å². The normalized spacial score (nSPS) is 22.2. The van der Waals surface area contributed by atoms with E-state index in [0.717, 1.165) is 27.2 Å². The first-order chi connectivity index (χ1) is 9.07. The van der Waals surface area contributed by atoms with Gasteiger partial charge in [-0.05, 0) is 38.1 Å². The number of thioether (sulfide) groups is 1. The zero-order valence-corrected chi connectivity index (χ0v) is 12.2. The lowest BCUT2D eigenvalue weighted by atomic mass is 10.2. The van der Waals surface area contributed by atoms with Crippen LogP contribution in [0.3, 0.4) is 0 Å². The molecule has 3 rings (SSSR count). The first-order valence-electron chi connectivity index (χ1n) is 5.93. The van der Waals surface area contributed by atoms with E-state index in [4.69, 9.17) is 16.0 Å². The van der Waals surface area contributed by atoms with Crippen molar-refractivity contribution in [2.75, 3.05) is 0 Å². The number of hydrogen-bond acceptors (Lipinski definition) is 4. The van der Waals surface area contributed by atoms with Gasteiger partial charge >= 0.3 is 0 Å². The maximum absolute atomic E-state index is 5.90. The maximum atomic E-state index is 5.90. The number of benzene rings is 1. The maximum Gasteiger partial charge on any atom is 0.160 e. The van der Waals surface area contributed by atoms with E-state index in [0.29, 0.717) is 0 Å². The number of nitrogens with zero attached hydrogens (tertiary/aromatic N) is 1. The Balaban J connectivity index is 1.84. The molecule has 1 atom stereocenters. The van der Waals surface area contributed by atoms with Crippen molar-refractivity contribution in [1.29, 1.82) is 0 Å². The lowest BCUT2D eigenvalue weighted by Crippen LogP contribution is -2.28. The van der Waals surface area contributed by atoms with Crippen LogP contribution < -0.4 is 5.43 Å². The molecule has 0 aliphatic carbocycles. The highest BCUT2D eigenvalue weighted by atomic mass is 35.5. The molecule has 98 valence electrons. The quantitative estimate of drug-likeness (QED) is 0.905. The second-order valence-corrected chi connectivity index (χ2v) is 6.43. The van der Waals surface area contributed by atoms with Crippen LogP contribution in [0.2, 0.25) is 5.02 Å². The molecular formula is C14H13ClN2OS. The predicted molar refractivity (Wildman–Crippen MR) is 79.5 cm³/mol. The molecule has 1 aromatic carbocycles. The van der Waals surface area contributed by atoms with Crippen LogP contribution in [0.25, 0.3) is 0 Å². The van der Waals surface area contributed by atoms with Crippen molar-refractivity contribution in [2.45, 2.75) is 18.7 Å². The minimum atomic E-state index is -0.358. The molecule has 0 fully saturated rings. The van der Waals surface area contributed by atoms with Crippen LogP contribution in [0.4, 0.5) is 0 Å². The summed E-state index contributed by atoms with van der Waals surface area (Å²) >= 11 is 7.54. The van der Waals surface area contributed by atoms with E-state index < -0.39 is 0 Å². The lowest BCUT2D eigenvalue weighted by Gasteiger charge is -2.19. The third-order valence-electron chi connectivity index (χ3n) is 2.97. The van der Waals surface area contributed by atoms with Crippen LogP contribution in [0.15, 0.2) is 45.9 Å². The molecule has 2 heterocycles. The summed E-state index contributed by atoms with van der Waals surface area (Å²) in [5.74, 6) is 1.78. The first kappa shape index (κ1) is 12.6. The van der Waals surface area contributed by atoms with Crippen LogP contribution in [0.1, 0.15) is 24.0 Å². The van der Waals surface area contributed by atoms with Gasteiger partial charge in [-0.25, -0.2) is 0 Å². The summed E-state index contributed by atoms with van der Waals surface area (Å²) in [7, 11) is 0. The van der Waals surface area contributed by atoms with Crippen LogP contribution in [-0.4, -0.2) is 5.04 Å². The Labute approximate surface area is 121 Å². The van der Waals surface area contributed by atoms with Crippen LogP contribution >= 0.6 is 23.4 Å². The van der Waals surface area contributed by atoms with E-state index in [1.807, 2.05) is 43.3 Å². The van der Waals surface area contributed by atoms with Crippen molar-refractivity contribution in [1.82, 2.24) is 5.43 Å². The zero-order valence-electron chi connectivity index (χ0n) is 10.6. The molecule has 1 aliphatic rings. The molecule has 1 N–H and O–H groups in total. The first-order valence-corrected chi connectivity index (χ1v) is 7.13. The Morgan fingerprint density at radius 2 is 1.95 bits per heavy atom. The van der Waals surface area contributed by atoms with Crippen molar-refractivity contribution < 1.29 is 4.42 Å². The van der Waals surface area contributed by atoms with Gasteiger partial charge in [0.25, 0.3) is 0 Å². The monoisotopic (exact) mass is 292 g/mol. The molecule has 5 heteroatoms. The minimum Gasteiger partial charge on any atom is -0.463 e. The molecule has 1 aliphatic heterocycles. The van der Waals surface area contributed by atoms with E-state index in [2.05, 4.69) is 17.5 Å². The number of hydrogen-bond donors (Lipinski definition) is 1. The van der Waals surface area contributed by atoms with Crippen molar-refractivity contribution in [3.8, 4) is 0 Å². The van der Waals surface area contributed by atoms with Crippen LogP contribution in [-0.2, 0) is 4.87 Å². The topological polar surface area (TPSA) is 37.5 Å². The molecule has 1 unspecified atom stereocenters. The number of halogens is 1. The summed E-state index contributed by atoms with van der Waals surface area (Å²) < 4.78 is 5.70. The molecule has 2 aromatic rings. The lowest BCUT2D eigenvalue weighted by molar-refractivity contribution is 0.401. The van der Waals surface area contributed by atoms with E-state index in [1.165, 1.54) is 0 Å². The number of furan rings is 1. The highest BCUT2D eigenvalue weighted by Crippen LogP contribution is 2.40. The van der Waals surface area contributed by atoms with Gasteiger partial charge in [0, 0.05) is 10.6 Å². The Morgan fingerprint density at radius 3 is 2.58 bits per heavy atom. The van der Waals surface area contributed by atoms with Gasteiger partial charge in [0.2, 0.25) is 0 Å². The fraction of sp³-hybridized carbons (Fsp3) is 0.214. The molecular weight excluding hydrogens is 280 g/mol. The van der Waals surface area contributed by atoms with Crippen molar-refractivity contribution >= 4 is 28.4 Å². The van der Waals surface area contributed by atoms with Gasteiger partial charge in [0.15, 0.2) is 4.87 Å². The van der Waals surface area contributed by atoms with Gasteiger partial charge in [0.05, 0.1) is 0 Å². The molecule has 0 saturated heterocycles. The molecule has 3 nitrogen and oxygen atoms in total. The third kappa shape index (κ3) is 2.38. The van der Waals surface area contributed by atoms with E-state index in [1.54, 1.807) is 11.8 Å². The Morgan fingerprint density at radius 1 is 1.21 bits per heavy atom. The highest BCUT2D eigenvalue weighted by molar-refractivity contribution is 8.15. The van der Waals surface area contributed by atoms with Crippen molar-refractivity contribution in [2.24, 2.45) is 5.10 Å². The van der Waals surface area contributed by atoms with Crippen molar-refractivity contribution in [3.05, 3.63) is 58.5 Å². The summed E-state index contributed by atoms with van der Waals surface area (Å²) in [6, 6.07) is 11.6. The van der Waals surface area contributed by atoms with E-state index >= 15 is 0 Å². The second-order valence-electron chi connectivity index (χ2n) is 4.58. The van der Waals surface area contributed by atoms with Crippen molar-refractivity contribution in [3.63, 3.8) is 0 Å².